The van der Waals surface area contributed by atoms with Crippen molar-refractivity contribution in [3.8, 4) is 0 Å². The van der Waals surface area contributed by atoms with E-state index >= 15 is 0 Å². The van der Waals surface area contributed by atoms with E-state index in [1.807, 2.05) is 20.8 Å². The summed E-state index contributed by atoms with van der Waals surface area (Å²) >= 11 is 0. The Morgan fingerprint density at radius 1 is 1.50 bits per heavy atom. The van der Waals surface area contributed by atoms with Crippen LogP contribution in [0.3, 0.4) is 0 Å². The SMILES string of the molecule is CC(C)(C)OC(=O)N1CC[C@@H](OCCF)C1. The predicted molar refractivity (Wildman–Crippen MR) is 58.1 cm³/mol. The van der Waals surface area contributed by atoms with Crippen molar-refractivity contribution in [2.75, 3.05) is 26.4 Å². The molecule has 0 aromatic rings. The monoisotopic (exact) mass is 233 g/mol. The maximum absolute atomic E-state index is 11.9. The Bertz CT molecular complexity index is 240. The number of alkyl halides is 1. The van der Waals surface area contributed by atoms with Crippen molar-refractivity contribution in [3.05, 3.63) is 0 Å². The third-order valence-corrected chi connectivity index (χ3v) is 2.23. The van der Waals surface area contributed by atoms with Crippen LogP contribution in [0.5, 0.6) is 0 Å². The summed E-state index contributed by atoms with van der Waals surface area (Å²) < 4.78 is 22.4. The molecule has 0 aromatic heterocycles. The summed E-state index contributed by atoms with van der Waals surface area (Å²) in [6.45, 7) is 6.23. The van der Waals surface area contributed by atoms with Crippen LogP contribution in [-0.4, -0.2) is 49.1 Å². The average molecular weight is 233 g/mol. The minimum Gasteiger partial charge on any atom is -0.444 e. The highest BCUT2D eigenvalue weighted by atomic mass is 19.1. The summed E-state index contributed by atoms with van der Waals surface area (Å²) in [5.41, 5.74) is -0.477. The first kappa shape index (κ1) is 13.2. The maximum atomic E-state index is 11.9. The molecule has 0 spiro atoms. The van der Waals surface area contributed by atoms with Crippen molar-refractivity contribution in [2.45, 2.75) is 38.9 Å². The van der Waals surface area contributed by atoms with E-state index in [0.29, 0.717) is 13.1 Å². The third-order valence-electron chi connectivity index (χ3n) is 2.23. The van der Waals surface area contributed by atoms with Crippen LogP contribution >= 0.6 is 0 Å². The molecule has 1 heterocycles. The van der Waals surface area contributed by atoms with Crippen LogP contribution in [0.4, 0.5) is 9.18 Å². The van der Waals surface area contributed by atoms with Gasteiger partial charge in [0.05, 0.1) is 19.3 Å². The number of nitrogens with zero attached hydrogens (tertiary/aromatic N) is 1. The van der Waals surface area contributed by atoms with E-state index in [4.69, 9.17) is 9.47 Å². The van der Waals surface area contributed by atoms with E-state index in [2.05, 4.69) is 0 Å². The lowest BCUT2D eigenvalue weighted by atomic mass is 10.2. The minimum atomic E-state index is -0.483. The fourth-order valence-corrected chi connectivity index (χ4v) is 1.57. The molecule has 16 heavy (non-hydrogen) atoms. The van der Waals surface area contributed by atoms with Crippen LogP contribution in [0, 0.1) is 0 Å². The Morgan fingerprint density at radius 3 is 2.75 bits per heavy atom. The van der Waals surface area contributed by atoms with Gasteiger partial charge in [0.25, 0.3) is 0 Å². The second-order valence-electron chi connectivity index (χ2n) is 4.90. The molecule has 1 atom stereocenters. The second kappa shape index (κ2) is 5.48. The average Bonchev–Trinajstić information content (AvgIpc) is 2.60. The van der Waals surface area contributed by atoms with Crippen LogP contribution < -0.4 is 0 Å². The van der Waals surface area contributed by atoms with Crippen molar-refractivity contribution >= 4 is 6.09 Å². The van der Waals surface area contributed by atoms with Crippen LogP contribution in [0.2, 0.25) is 0 Å². The summed E-state index contributed by atoms with van der Waals surface area (Å²) in [6.07, 6.45) is 0.376. The number of rotatable bonds is 3. The fourth-order valence-electron chi connectivity index (χ4n) is 1.57. The van der Waals surface area contributed by atoms with E-state index in [0.717, 1.165) is 6.42 Å². The van der Waals surface area contributed by atoms with Gasteiger partial charge >= 0.3 is 6.09 Å². The Balaban J connectivity index is 2.32. The molecule has 0 aliphatic carbocycles. The molecule has 1 aliphatic heterocycles. The number of halogens is 1. The number of carbonyl (C=O) groups is 1. The highest BCUT2D eigenvalue weighted by Gasteiger charge is 2.29. The molecule has 0 saturated carbocycles. The van der Waals surface area contributed by atoms with Gasteiger partial charge in [0.15, 0.2) is 0 Å². The lowest BCUT2D eigenvalue weighted by Crippen LogP contribution is -2.36. The van der Waals surface area contributed by atoms with Crippen molar-refractivity contribution in [3.63, 3.8) is 0 Å². The Hall–Kier alpha value is -0.840. The zero-order chi connectivity index (χ0) is 12.2. The molecule has 0 radical (unpaired) electrons. The summed E-state index contributed by atoms with van der Waals surface area (Å²) in [5, 5.41) is 0. The number of hydrogen-bond acceptors (Lipinski definition) is 3. The highest BCUT2D eigenvalue weighted by molar-refractivity contribution is 5.68. The predicted octanol–water partition coefficient (Wildman–Crippen LogP) is 1.98. The topological polar surface area (TPSA) is 38.8 Å². The zero-order valence-electron chi connectivity index (χ0n) is 10.2. The third kappa shape index (κ3) is 4.35. The molecule has 1 fully saturated rings. The van der Waals surface area contributed by atoms with Gasteiger partial charge in [-0.15, -0.1) is 0 Å². The molecule has 1 rings (SSSR count). The van der Waals surface area contributed by atoms with Gasteiger partial charge in [-0.05, 0) is 27.2 Å². The first-order chi connectivity index (χ1) is 7.42. The zero-order valence-corrected chi connectivity index (χ0v) is 10.2. The van der Waals surface area contributed by atoms with Gasteiger partial charge in [0.1, 0.15) is 12.3 Å². The molecule has 1 aliphatic rings. The van der Waals surface area contributed by atoms with Crippen LogP contribution in [0.25, 0.3) is 0 Å². The summed E-state index contributed by atoms with van der Waals surface area (Å²) in [5.74, 6) is 0. The number of ether oxygens (including phenoxy) is 2. The molecule has 0 N–H and O–H groups in total. The fraction of sp³-hybridized carbons (Fsp3) is 0.909. The normalized spacial score (nSPS) is 21.2. The number of likely N-dealkylation sites (tertiary alicyclic amines) is 1. The summed E-state index contributed by atoms with van der Waals surface area (Å²) in [6, 6.07) is 0. The first-order valence-electron chi connectivity index (χ1n) is 5.58. The molecular formula is C11H20FNO3. The Morgan fingerprint density at radius 2 is 2.19 bits per heavy atom. The van der Waals surface area contributed by atoms with E-state index in [1.165, 1.54) is 0 Å². The molecule has 94 valence electrons. The standard InChI is InChI=1S/C11H20FNO3/c1-11(2,3)16-10(14)13-6-4-9(8-13)15-7-5-12/h9H,4-8H2,1-3H3/t9-/m1/s1. The van der Waals surface area contributed by atoms with Crippen molar-refractivity contribution in [1.29, 1.82) is 0 Å². The van der Waals surface area contributed by atoms with Crippen molar-refractivity contribution in [2.24, 2.45) is 0 Å². The number of amides is 1. The first-order valence-corrected chi connectivity index (χ1v) is 5.58. The lowest BCUT2D eigenvalue weighted by molar-refractivity contribution is 0.0196. The van der Waals surface area contributed by atoms with E-state index < -0.39 is 12.3 Å². The van der Waals surface area contributed by atoms with Gasteiger partial charge < -0.3 is 14.4 Å². The smallest absolute Gasteiger partial charge is 0.410 e. The largest absolute Gasteiger partial charge is 0.444 e. The molecule has 0 bridgehead atoms. The van der Waals surface area contributed by atoms with E-state index in [-0.39, 0.29) is 18.8 Å². The molecule has 5 heteroatoms. The van der Waals surface area contributed by atoms with Gasteiger partial charge in [-0.1, -0.05) is 0 Å². The Kier molecular flexibility index (Phi) is 4.53. The summed E-state index contributed by atoms with van der Waals surface area (Å²) in [7, 11) is 0. The van der Waals surface area contributed by atoms with Crippen LogP contribution in [0.15, 0.2) is 0 Å². The summed E-state index contributed by atoms with van der Waals surface area (Å²) in [4.78, 5) is 13.3. The van der Waals surface area contributed by atoms with Crippen LogP contribution in [-0.2, 0) is 9.47 Å². The molecule has 4 nitrogen and oxygen atoms in total. The molecular weight excluding hydrogens is 213 g/mol. The van der Waals surface area contributed by atoms with Gasteiger partial charge in [-0.25, -0.2) is 9.18 Å². The Labute approximate surface area is 95.7 Å². The van der Waals surface area contributed by atoms with Gasteiger partial charge in [0, 0.05) is 6.54 Å². The molecule has 0 unspecified atom stereocenters. The van der Waals surface area contributed by atoms with Crippen molar-refractivity contribution < 1.29 is 18.7 Å². The van der Waals surface area contributed by atoms with Gasteiger partial charge in [-0.2, -0.15) is 0 Å². The number of carbonyl (C=O) groups excluding carboxylic acids is 1. The highest BCUT2D eigenvalue weighted by Crippen LogP contribution is 2.16. The quantitative estimate of drug-likeness (QED) is 0.748. The minimum absolute atomic E-state index is 0.0525. The van der Waals surface area contributed by atoms with Gasteiger partial charge in [0.2, 0.25) is 0 Å². The van der Waals surface area contributed by atoms with Crippen molar-refractivity contribution in [1.82, 2.24) is 4.90 Å². The van der Waals surface area contributed by atoms with Crippen LogP contribution in [0.1, 0.15) is 27.2 Å². The van der Waals surface area contributed by atoms with E-state index in [9.17, 15) is 9.18 Å². The molecule has 0 aromatic carbocycles. The molecule has 1 saturated heterocycles. The van der Waals surface area contributed by atoms with Gasteiger partial charge in [-0.3, -0.25) is 0 Å². The second-order valence-corrected chi connectivity index (χ2v) is 4.90. The number of hydrogen-bond donors (Lipinski definition) is 0. The molecule has 1 amide bonds. The lowest BCUT2D eigenvalue weighted by Gasteiger charge is -2.24. The van der Waals surface area contributed by atoms with E-state index in [1.54, 1.807) is 4.90 Å². The maximum Gasteiger partial charge on any atom is 0.410 e.